The van der Waals surface area contributed by atoms with Crippen molar-refractivity contribution >= 4 is 34.9 Å². The average Bonchev–Trinajstić information content (AvgIpc) is 3.64. The number of rotatable bonds is 10. The Labute approximate surface area is 216 Å². The highest BCUT2D eigenvalue weighted by Gasteiger charge is 2.37. The SMILES string of the molecule is COc1ccc(CNC(=O)[C@H](c2ccc(C)o2)N(Cc2ccco2)C(=O)c2snc(C(N)=O)c2N)cc1. The molecule has 0 aliphatic carbocycles. The molecule has 0 unspecified atom stereocenters. The van der Waals surface area contributed by atoms with Gasteiger partial charge in [-0.3, -0.25) is 14.4 Å². The Kier molecular flexibility index (Phi) is 7.58. The van der Waals surface area contributed by atoms with Gasteiger partial charge in [-0.15, -0.1) is 0 Å². The first-order chi connectivity index (χ1) is 17.8. The third-order valence-electron chi connectivity index (χ3n) is 5.54. The Morgan fingerprint density at radius 2 is 1.92 bits per heavy atom. The summed E-state index contributed by atoms with van der Waals surface area (Å²) >= 11 is 0.725. The monoisotopic (exact) mass is 523 g/mol. The number of carbonyl (C=O) groups is 3. The topological polar surface area (TPSA) is 167 Å². The highest BCUT2D eigenvalue weighted by atomic mass is 32.1. The number of furan rings is 2. The third-order valence-corrected chi connectivity index (χ3v) is 6.39. The zero-order valence-corrected chi connectivity index (χ0v) is 20.9. The van der Waals surface area contributed by atoms with Crippen LogP contribution in [0.3, 0.4) is 0 Å². The highest BCUT2D eigenvalue weighted by molar-refractivity contribution is 7.09. The maximum atomic E-state index is 13.8. The number of ether oxygens (including phenoxy) is 1. The van der Waals surface area contributed by atoms with Crippen LogP contribution >= 0.6 is 11.5 Å². The van der Waals surface area contributed by atoms with Crippen molar-refractivity contribution in [3.8, 4) is 5.75 Å². The summed E-state index contributed by atoms with van der Waals surface area (Å²) in [6.07, 6.45) is 1.46. The summed E-state index contributed by atoms with van der Waals surface area (Å²) < 4.78 is 20.3. The van der Waals surface area contributed by atoms with Crippen molar-refractivity contribution in [2.45, 2.75) is 26.1 Å². The zero-order chi connectivity index (χ0) is 26.5. The van der Waals surface area contributed by atoms with E-state index in [2.05, 4.69) is 9.69 Å². The minimum atomic E-state index is -1.19. The van der Waals surface area contributed by atoms with Crippen LogP contribution in [0.2, 0.25) is 0 Å². The number of nitrogen functional groups attached to an aromatic ring is 1. The van der Waals surface area contributed by atoms with Gasteiger partial charge in [0.25, 0.3) is 17.7 Å². The molecule has 5 N–H and O–H groups in total. The van der Waals surface area contributed by atoms with Crippen LogP contribution in [-0.2, 0) is 17.9 Å². The van der Waals surface area contributed by atoms with Crippen molar-refractivity contribution in [1.29, 1.82) is 0 Å². The minimum absolute atomic E-state index is 0.0309. The van der Waals surface area contributed by atoms with E-state index in [0.717, 1.165) is 17.1 Å². The van der Waals surface area contributed by atoms with Crippen LogP contribution in [0.5, 0.6) is 5.75 Å². The fourth-order valence-electron chi connectivity index (χ4n) is 3.66. The summed E-state index contributed by atoms with van der Waals surface area (Å²) in [6.45, 7) is 1.83. The van der Waals surface area contributed by atoms with Gasteiger partial charge in [-0.05, 0) is 60.4 Å². The largest absolute Gasteiger partial charge is 0.497 e. The third kappa shape index (κ3) is 5.64. The van der Waals surface area contributed by atoms with Crippen molar-refractivity contribution in [3.05, 3.63) is 88.2 Å². The molecule has 0 radical (unpaired) electrons. The Hall–Kier alpha value is -4.58. The van der Waals surface area contributed by atoms with E-state index in [9.17, 15) is 14.4 Å². The van der Waals surface area contributed by atoms with Crippen LogP contribution in [0.15, 0.2) is 63.6 Å². The fourth-order valence-corrected chi connectivity index (χ4v) is 4.43. The number of primary amides is 1. The number of aryl methyl sites for hydroxylation is 1. The van der Waals surface area contributed by atoms with Crippen molar-refractivity contribution in [3.63, 3.8) is 0 Å². The van der Waals surface area contributed by atoms with Gasteiger partial charge >= 0.3 is 0 Å². The summed E-state index contributed by atoms with van der Waals surface area (Å²) in [6, 6.07) is 12.7. The number of hydrogen-bond acceptors (Lipinski definition) is 9. The molecule has 0 aliphatic rings. The fraction of sp³-hybridized carbons (Fsp3) is 0.200. The van der Waals surface area contributed by atoms with Gasteiger partial charge in [0.15, 0.2) is 11.7 Å². The summed E-state index contributed by atoms with van der Waals surface area (Å²) in [5.41, 5.74) is 11.8. The van der Waals surface area contributed by atoms with E-state index in [4.69, 9.17) is 25.0 Å². The number of hydrogen-bond donors (Lipinski definition) is 3. The van der Waals surface area contributed by atoms with E-state index in [-0.39, 0.29) is 35.1 Å². The molecule has 0 aliphatic heterocycles. The van der Waals surface area contributed by atoms with Gasteiger partial charge in [-0.25, -0.2) is 0 Å². The normalized spacial score (nSPS) is 11.6. The highest BCUT2D eigenvalue weighted by Crippen LogP contribution is 2.31. The number of nitrogens with two attached hydrogens (primary N) is 2. The van der Waals surface area contributed by atoms with E-state index in [0.29, 0.717) is 17.3 Å². The number of nitrogens with zero attached hydrogens (tertiary/aromatic N) is 2. The number of nitrogens with one attached hydrogen (secondary N) is 1. The summed E-state index contributed by atoms with van der Waals surface area (Å²) in [4.78, 5) is 40.3. The second kappa shape index (κ2) is 11.0. The maximum absolute atomic E-state index is 13.8. The van der Waals surface area contributed by atoms with Crippen molar-refractivity contribution < 1.29 is 28.0 Å². The summed E-state index contributed by atoms with van der Waals surface area (Å²) in [5, 5.41) is 2.87. The molecule has 4 aromatic rings. The number of benzene rings is 1. The zero-order valence-electron chi connectivity index (χ0n) is 20.1. The van der Waals surface area contributed by atoms with Gasteiger partial charge in [0, 0.05) is 6.54 Å². The van der Waals surface area contributed by atoms with Gasteiger partial charge in [-0.2, -0.15) is 4.37 Å². The first-order valence-corrected chi connectivity index (χ1v) is 11.9. The summed E-state index contributed by atoms with van der Waals surface area (Å²) in [7, 11) is 1.57. The molecule has 3 amide bonds. The first kappa shape index (κ1) is 25.5. The van der Waals surface area contributed by atoms with E-state index in [1.54, 1.807) is 50.4 Å². The van der Waals surface area contributed by atoms with E-state index >= 15 is 0 Å². The van der Waals surface area contributed by atoms with Crippen LogP contribution in [-0.4, -0.2) is 34.1 Å². The lowest BCUT2D eigenvalue weighted by Crippen LogP contribution is -2.43. The lowest BCUT2D eigenvalue weighted by Gasteiger charge is -2.29. The molecule has 11 nitrogen and oxygen atoms in total. The van der Waals surface area contributed by atoms with E-state index in [1.807, 2.05) is 12.1 Å². The Morgan fingerprint density at radius 1 is 1.16 bits per heavy atom. The Balaban J connectivity index is 1.70. The molecule has 1 atom stereocenters. The molecule has 4 rings (SSSR count). The van der Waals surface area contributed by atoms with Crippen molar-refractivity contribution in [2.75, 3.05) is 12.8 Å². The van der Waals surface area contributed by atoms with E-state index < -0.39 is 23.8 Å². The lowest BCUT2D eigenvalue weighted by atomic mass is 10.1. The number of methoxy groups -OCH3 is 1. The molecule has 192 valence electrons. The predicted molar refractivity (Wildman–Crippen MR) is 135 cm³/mol. The number of aromatic nitrogens is 1. The van der Waals surface area contributed by atoms with Crippen LogP contribution in [0.4, 0.5) is 5.69 Å². The smallest absolute Gasteiger partial charge is 0.270 e. The Morgan fingerprint density at radius 3 is 2.49 bits per heavy atom. The van der Waals surface area contributed by atoms with Gasteiger partial charge in [0.1, 0.15) is 27.9 Å². The average molecular weight is 524 g/mol. The number of anilines is 1. The molecule has 12 heteroatoms. The van der Waals surface area contributed by atoms with Gasteiger partial charge in [-0.1, -0.05) is 12.1 Å². The second-order valence-electron chi connectivity index (χ2n) is 8.07. The molecular weight excluding hydrogens is 498 g/mol. The summed E-state index contributed by atoms with van der Waals surface area (Å²) in [5.74, 6) is -0.0966. The first-order valence-electron chi connectivity index (χ1n) is 11.1. The van der Waals surface area contributed by atoms with Gasteiger partial charge < -0.3 is 35.3 Å². The quantitative estimate of drug-likeness (QED) is 0.285. The van der Waals surface area contributed by atoms with Crippen molar-refractivity contribution in [2.24, 2.45) is 5.73 Å². The number of amides is 3. The molecule has 0 fully saturated rings. The molecule has 0 saturated heterocycles. The molecule has 0 spiro atoms. The van der Waals surface area contributed by atoms with E-state index in [1.165, 1.54) is 11.2 Å². The molecule has 0 bridgehead atoms. The minimum Gasteiger partial charge on any atom is -0.497 e. The Bertz CT molecular complexity index is 1390. The predicted octanol–water partition coefficient (Wildman–Crippen LogP) is 3.03. The van der Waals surface area contributed by atoms with Gasteiger partial charge in [0.2, 0.25) is 0 Å². The lowest BCUT2D eigenvalue weighted by molar-refractivity contribution is -0.126. The molecule has 37 heavy (non-hydrogen) atoms. The molecule has 3 aromatic heterocycles. The van der Waals surface area contributed by atoms with Crippen LogP contribution in [0.1, 0.15) is 49.0 Å². The maximum Gasteiger partial charge on any atom is 0.270 e. The van der Waals surface area contributed by atoms with Crippen LogP contribution < -0.4 is 21.5 Å². The van der Waals surface area contributed by atoms with Crippen LogP contribution in [0.25, 0.3) is 0 Å². The molecule has 0 saturated carbocycles. The molecule has 3 heterocycles. The number of carbonyl (C=O) groups excluding carboxylic acids is 3. The van der Waals surface area contributed by atoms with Crippen molar-refractivity contribution in [1.82, 2.24) is 14.6 Å². The second-order valence-corrected chi connectivity index (χ2v) is 8.84. The molecular formula is C25H25N5O6S. The van der Waals surface area contributed by atoms with Crippen LogP contribution in [0, 0.1) is 6.92 Å². The molecule has 1 aromatic carbocycles. The van der Waals surface area contributed by atoms with Gasteiger partial charge in [0.05, 0.1) is 25.6 Å². The standard InChI is InChI=1S/C25H25N5O6S/c1-14-5-10-18(36-14)21(24(32)28-12-15-6-8-16(34-2)9-7-15)30(13-17-4-3-11-35-17)25(33)22-19(26)20(23(27)31)29-37-22/h3-11,21H,12-13,26H2,1-2H3,(H2,27,31)(H,28,32)/t21-/m0/s1.